The van der Waals surface area contributed by atoms with Crippen molar-refractivity contribution in [2.45, 2.75) is 30.2 Å². The van der Waals surface area contributed by atoms with E-state index in [1.165, 1.54) is 12.8 Å². The van der Waals surface area contributed by atoms with Crippen molar-refractivity contribution in [3.05, 3.63) is 16.9 Å². The molecule has 2 heterocycles. The van der Waals surface area contributed by atoms with Crippen LogP contribution in [0.15, 0.2) is 11.2 Å². The minimum Gasteiger partial charge on any atom is -0.316 e. The fourth-order valence-electron chi connectivity index (χ4n) is 1.63. The summed E-state index contributed by atoms with van der Waals surface area (Å²) in [4.78, 5) is 8.59. The van der Waals surface area contributed by atoms with Gasteiger partial charge in [-0.25, -0.2) is 9.97 Å². The standard InChI is InChI=1S/C10H14ClN3S/c1-7-5-9(11)14-10(13-7)15-8-3-2-4-12-6-8/h5,8,12H,2-4,6H2,1H3/t8-/m1/s1. The van der Waals surface area contributed by atoms with Crippen molar-refractivity contribution in [2.75, 3.05) is 13.1 Å². The highest BCUT2D eigenvalue weighted by molar-refractivity contribution is 7.99. The van der Waals surface area contributed by atoms with Crippen LogP contribution in [-0.4, -0.2) is 28.3 Å². The monoisotopic (exact) mass is 243 g/mol. The Bertz CT molecular complexity index is 319. The summed E-state index contributed by atoms with van der Waals surface area (Å²) in [5.74, 6) is 0. The lowest BCUT2D eigenvalue weighted by Gasteiger charge is -2.21. The number of halogens is 1. The molecule has 1 aliphatic heterocycles. The fourth-order valence-corrected chi connectivity index (χ4v) is 3.05. The van der Waals surface area contributed by atoms with Crippen LogP contribution in [0.1, 0.15) is 18.5 Å². The highest BCUT2D eigenvalue weighted by Gasteiger charge is 2.15. The molecule has 1 saturated heterocycles. The Morgan fingerprint density at radius 1 is 1.53 bits per heavy atom. The van der Waals surface area contributed by atoms with Crippen LogP contribution in [-0.2, 0) is 0 Å². The van der Waals surface area contributed by atoms with Gasteiger partial charge >= 0.3 is 0 Å². The first kappa shape index (κ1) is 11.2. The van der Waals surface area contributed by atoms with Crippen molar-refractivity contribution in [1.82, 2.24) is 15.3 Å². The van der Waals surface area contributed by atoms with E-state index in [2.05, 4.69) is 15.3 Å². The quantitative estimate of drug-likeness (QED) is 0.639. The van der Waals surface area contributed by atoms with Crippen LogP contribution >= 0.6 is 23.4 Å². The summed E-state index contributed by atoms with van der Waals surface area (Å²) >= 11 is 7.61. The summed E-state index contributed by atoms with van der Waals surface area (Å²) in [5, 5.41) is 5.29. The fraction of sp³-hybridized carbons (Fsp3) is 0.600. The molecule has 1 aromatic heterocycles. The molecule has 1 aliphatic rings. The highest BCUT2D eigenvalue weighted by atomic mass is 35.5. The summed E-state index contributed by atoms with van der Waals surface area (Å²) in [6.45, 7) is 4.11. The number of rotatable bonds is 2. The Kier molecular flexibility index (Phi) is 3.83. The van der Waals surface area contributed by atoms with Crippen LogP contribution in [0.25, 0.3) is 0 Å². The topological polar surface area (TPSA) is 37.8 Å². The Hall–Kier alpha value is -0.320. The third kappa shape index (κ3) is 3.33. The maximum absolute atomic E-state index is 5.89. The lowest BCUT2D eigenvalue weighted by atomic mass is 10.2. The van der Waals surface area contributed by atoms with Crippen molar-refractivity contribution in [2.24, 2.45) is 0 Å². The van der Waals surface area contributed by atoms with E-state index in [0.29, 0.717) is 10.4 Å². The smallest absolute Gasteiger partial charge is 0.189 e. The maximum Gasteiger partial charge on any atom is 0.189 e. The van der Waals surface area contributed by atoms with E-state index >= 15 is 0 Å². The van der Waals surface area contributed by atoms with Gasteiger partial charge in [-0.05, 0) is 32.4 Å². The van der Waals surface area contributed by atoms with Crippen molar-refractivity contribution in [3.63, 3.8) is 0 Å². The number of hydrogen-bond acceptors (Lipinski definition) is 4. The summed E-state index contributed by atoms with van der Waals surface area (Å²) in [6, 6.07) is 1.78. The molecule has 0 bridgehead atoms. The molecule has 15 heavy (non-hydrogen) atoms. The molecule has 0 amide bonds. The van der Waals surface area contributed by atoms with Gasteiger partial charge < -0.3 is 5.32 Å². The van der Waals surface area contributed by atoms with E-state index < -0.39 is 0 Å². The molecule has 5 heteroatoms. The predicted octanol–water partition coefficient (Wildman–Crippen LogP) is 2.28. The van der Waals surface area contributed by atoms with Crippen LogP contribution in [0, 0.1) is 6.92 Å². The molecule has 2 rings (SSSR count). The average molecular weight is 244 g/mol. The minimum atomic E-state index is 0.536. The number of aryl methyl sites for hydroxylation is 1. The van der Waals surface area contributed by atoms with Gasteiger partial charge in [-0.2, -0.15) is 0 Å². The van der Waals surface area contributed by atoms with E-state index in [0.717, 1.165) is 23.9 Å². The Morgan fingerprint density at radius 3 is 3.07 bits per heavy atom. The van der Waals surface area contributed by atoms with Gasteiger partial charge in [-0.3, -0.25) is 0 Å². The Morgan fingerprint density at radius 2 is 2.40 bits per heavy atom. The molecular weight excluding hydrogens is 230 g/mol. The first-order valence-electron chi connectivity index (χ1n) is 5.12. The predicted molar refractivity (Wildman–Crippen MR) is 63.5 cm³/mol. The van der Waals surface area contributed by atoms with Crippen LogP contribution in [0.3, 0.4) is 0 Å². The average Bonchev–Trinajstić information content (AvgIpc) is 2.17. The van der Waals surface area contributed by atoms with E-state index in [-0.39, 0.29) is 0 Å². The molecule has 0 radical (unpaired) electrons. The number of aromatic nitrogens is 2. The van der Waals surface area contributed by atoms with Gasteiger partial charge in [0.25, 0.3) is 0 Å². The minimum absolute atomic E-state index is 0.536. The van der Waals surface area contributed by atoms with Crippen molar-refractivity contribution in [1.29, 1.82) is 0 Å². The molecule has 1 fully saturated rings. The SMILES string of the molecule is Cc1cc(Cl)nc(S[C@@H]2CCCNC2)n1. The molecular formula is C10H14ClN3S. The molecule has 0 aliphatic carbocycles. The Labute approximate surface area is 99.0 Å². The molecule has 0 spiro atoms. The summed E-state index contributed by atoms with van der Waals surface area (Å²) in [6.07, 6.45) is 2.46. The number of hydrogen-bond donors (Lipinski definition) is 1. The zero-order chi connectivity index (χ0) is 10.7. The largest absolute Gasteiger partial charge is 0.316 e. The lowest BCUT2D eigenvalue weighted by Crippen LogP contribution is -2.31. The van der Waals surface area contributed by atoms with Crippen LogP contribution in [0.2, 0.25) is 5.15 Å². The summed E-state index contributed by atoms with van der Waals surface area (Å²) in [7, 11) is 0. The van der Waals surface area contributed by atoms with Gasteiger partial charge in [-0.1, -0.05) is 23.4 Å². The molecule has 3 nitrogen and oxygen atoms in total. The third-order valence-corrected chi connectivity index (χ3v) is 3.65. The summed E-state index contributed by atoms with van der Waals surface area (Å²) < 4.78 is 0. The molecule has 0 saturated carbocycles. The van der Waals surface area contributed by atoms with Crippen molar-refractivity contribution < 1.29 is 0 Å². The van der Waals surface area contributed by atoms with E-state index in [1.54, 1.807) is 17.8 Å². The van der Waals surface area contributed by atoms with Crippen molar-refractivity contribution in [3.8, 4) is 0 Å². The molecule has 82 valence electrons. The molecule has 1 atom stereocenters. The first-order valence-corrected chi connectivity index (χ1v) is 6.38. The molecule has 0 aromatic carbocycles. The number of piperidine rings is 1. The van der Waals surface area contributed by atoms with E-state index in [9.17, 15) is 0 Å². The van der Waals surface area contributed by atoms with Crippen LogP contribution in [0.4, 0.5) is 0 Å². The van der Waals surface area contributed by atoms with Crippen LogP contribution in [0.5, 0.6) is 0 Å². The zero-order valence-corrected chi connectivity index (χ0v) is 10.2. The van der Waals surface area contributed by atoms with Gasteiger partial charge in [0.2, 0.25) is 0 Å². The highest BCUT2D eigenvalue weighted by Crippen LogP contribution is 2.25. The molecule has 1 aromatic rings. The first-order chi connectivity index (χ1) is 7.24. The molecule has 1 N–H and O–H groups in total. The second kappa shape index (κ2) is 5.14. The maximum atomic E-state index is 5.89. The second-order valence-corrected chi connectivity index (χ2v) is 5.36. The summed E-state index contributed by atoms with van der Waals surface area (Å²) in [5.41, 5.74) is 0.932. The van der Waals surface area contributed by atoms with Gasteiger partial charge in [0.1, 0.15) is 5.15 Å². The van der Waals surface area contributed by atoms with E-state index in [1.807, 2.05) is 6.92 Å². The van der Waals surface area contributed by atoms with Gasteiger partial charge in [0, 0.05) is 17.5 Å². The lowest BCUT2D eigenvalue weighted by molar-refractivity contribution is 0.530. The number of thioether (sulfide) groups is 1. The van der Waals surface area contributed by atoms with Crippen molar-refractivity contribution >= 4 is 23.4 Å². The zero-order valence-electron chi connectivity index (χ0n) is 8.66. The second-order valence-electron chi connectivity index (χ2n) is 3.70. The van der Waals surface area contributed by atoms with Gasteiger partial charge in [0.15, 0.2) is 5.16 Å². The normalized spacial score (nSPS) is 21.6. The molecule has 0 unspecified atom stereocenters. The number of nitrogens with zero attached hydrogens (tertiary/aromatic N) is 2. The van der Waals surface area contributed by atoms with Gasteiger partial charge in [-0.15, -0.1) is 0 Å². The van der Waals surface area contributed by atoms with Crippen LogP contribution < -0.4 is 5.32 Å². The third-order valence-electron chi connectivity index (χ3n) is 2.33. The van der Waals surface area contributed by atoms with E-state index in [4.69, 9.17) is 11.6 Å². The Balaban J connectivity index is 2.02. The van der Waals surface area contributed by atoms with Gasteiger partial charge in [0.05, 0.1) is 0 Å². The number of nitrogens with one attached hydrogen (secondary N) is 1.